The van der Waals surface area contributed by atoms with Crippen molar-refractivity contribution in [1.82, 2.24) is 0 Å². The number of hydrogen-bond acceptors (Lipinski definition) is 3. The maximum Gasteiger partial charge on any atom is 0.309 e. The van der Waals surface area contributed by atoms with Crippen molar-refractivity contribution >= 4 is 11.8 Å². The second-order valence-corrected chi connectivity index (χ2v) is 10.8. The predicted molar refractivity (Wildman–Crippen MR) is 111 cm³/mol. The van der Waals surface area contributed by atoms with Crippen molar-refractivity contribution in [3.05, 3.63) is 11.6 Å². The number of carbonyl (C=O) groups excluding carboxylic acids is 2. The van der Waals surface area contributed by atoms with Crippen LogP contribution in [-0.2, 0) is 14.3 Å². The Morgan fingerprint density at radius 2 is 1.82 bits per heavy atom. The summed E-state index contributed by atoms with van der Waals surface area (Å²) in [5.41, 5.74) is 2.18. The van der Waals surface area contributed by atoms with Gasteiger partial charge >= 0.3 is 5.97 Å². The fraction of sp³-hybridized carbons (Fsp3) is 0.840. The number of methoxy groups -OCH3 is 1. The third kappa shape index (κ3) is 3.08. The molecule has 156 valence electrons. The molecule has 4 aliphatic rings. The van der Waals surface area contributed by atoms with E-state index in [1.54, 1.807) is 0 Å². The zero-order valence-electron chi connectivity index (χ0n) is 18.3. The Bertz CT molecular complexity index is 679. The van der Waals surface area contributed by atoms with Crippen molar-refractivity contribution in [2.24, 2.45) is 40.4 Å². The number of carbonyl (C=O) groups is 2. The van der Waals surface area contributed by atoms with Gasteiger partial charge in [0.1, 0.15) is 5.78 Å². The monoisotopic (exact) mass is 386 g/mol. The molecule has 0 saturated heterocycles. The number of rotatable bonds is 3. The van der Waals surface area contributed by atoms with Gasteiger partial charge in [-0.3, -0.25) is 9.59 Å². The highest BCUT2D eigenvalue weighted by atomic mass is 16.5. The molecular weight excluding hydrogens is 348 g/mol. The van der Waals surface area contributed by atoms with E-state index >= 15 is 0 Å². The van der Waals surface area contributed by atoms with Crippen molar-refractivity contribution in [1.29, 1.82) is 0 Å². The van der Waals surface area contributed by atoms with E-state index in [1.807, 2.05) is 0 Å². The van der Waals surface area contributed by atoms with Crippen LogP contribution in [0.15, 0.2) is 11.6 Å². The van der Waals surface area contributed by atoms with E-state index in [0.29, 0.717) is 34.9 Å². The molecule has 4 rings (SSSR count). The Morgan fingerprint density at radius 3 is 2.57 bits per heavy atom. The molecule has 0 heterocycles. The van der Waals surface area contributed by atoms with Gasteiger partial charge < -0.3 is 4.74 Å². The van der Waals surface area contributed by atoms with Gasteiger partial charge in [-0.1, -0.05) is 25.5 Å². The maximum atomic E-state index is 12.1. The maximum absolute atomic E-state index is 12.1. The number of ether oxygens (including phenoxy) is 1. The fourth-order valence-electron chi connectivity index (χ4n) is 8.26. The molecule has 0 bridgehead atoms. The Labute approximate surface area is 170 Å². The third-order valence-electron chi connectivity index (χ3n) is 9.85. The minimum Gasteiger partial charge on any atom is -0.469 e. The average molecular weight is 387 g/mol. The molecule has 7 atom stereocenters. The molecule has 3 heteroatoms. The first-order valence-corrected chi connectivity index (χ1v) is 11.5. The number of fused-ring (bicyclic) bond motifs is 5. The number of ketones is 1. The van der Waals surface area contributed by atoms with Crippen molar-refractivity contribution in [2.45, 2.75) is 85.0 Å². The molecule has 0 aromatic heterocycles. The third-order valence-corrected chi connectivity index (χ3v) is 9.85. The van der Waals surface area contributed by atoms with Crippen molar-refractivity contribution in [3.8, 4) is 0 Å². The summed E-state index contributed by atoms with van der Waals surface area (Å²) < 4.78 is 4.83. The Hall–Kier alpha value is -1.12. The molecule has 0 aromatic rings. The second-order valence-electron chi connectivity index (χ2n) is 10.8. The van der Waals surface area contributed by atoms with Crippen LogP contribution in [-0.4, -0.2) is 18.9 Å². The average Bonchev–Trinajstić information content (AvgIpc) is 3.03. The SMILES string of the molecule is COC(=O)C/C=C(/C)[C@H]1CCC2C3CC[C@H]4CC(=O)CC[C@]4(C)C3CC[C@@]21C. The molecule has 3 unspecified atom stereocenters. The van der Waals surface area contributed by atoms with E-state index in [-0.39, 0.29) is 5.97 Å². The molecule has 3 nitrogen and oxygen atoms in total. The van der Waals surface area contributed by atoms with Gasteiger partial charge in [0.2, 0.25) is 0 Å². The minimum atomic E-state index is -0.138. The zero-order chi connectivity index (χ0) is 20.1. The summed E-state index contributed by atoms with van der Waals surface area (Å²) in [6, 6.07) is 0. The van der Waals surface area contributed by atoms with Gasteiger partial charge in [0, 0.05) is 12.8 Å². The van der Waals surface area contributed by atoms with Gasteiger partial charge in [-0.05, 0) is 92.3 Å². The van der Waals surface area contributed by atoms with Crippen LogP contribution in [0, 0.1) is 40.4 Å². The number of esters is 1. The van der Waals surface area contributed by atoms with Crippen LogP contribution < -0.4 is 0 Å². The molecule has 0 amide bonds. The van der Waals surface area contributed by atoms with Gasteiger partial charge in [0.15, 0.2) is 0 Å². The van der Waals surface area contributed by atoms with E-state index in [2.05, 4.69) is 26.8 Å². The lowest BCUT2D eigenvalue weighted by Crippen LogP contribution is -2.53. The molecule has 4 aliphatic carbocycles. The Morgan fingerprint density at radius 1 is 1.07 bits per heavy atom. The van der Waals surface area contributed by atoms with Crippen LogP contribution in [0.2, 0.25) is 0 Å². The molecule has 0 aromatic carbocycles. The van der Waals surface area contributed by atoms with Crippen LogP contribution >= 0.6 is 0 Å². The van der Waals surface area contributed by atoms with E-state index in [1.165, 1.54) is 51.2 Å². The van der Waals surface area contributed by atoms with Gasteiger partial charge in [0.25, 0.3) is 0 Å². The first-order valence-electron chi connectivity index (χ1n) is 11.5. The zero-order valence-corrected chi connectivity index (χ0v) is 18.3. The quantitative estimate of drug-likeness (QED) is 0.460. The summed E-state index contributed by atoms with van der Waals surface area (Å²) in [4.78, 5) is 23.6. The van der Waals surface area contributed by atoms with Crippen molar-refractivity contribution < 1.29 is 14.3 Å². The summed E-state index contributed by atoms with van der Waals surface area (Å²) in [5.74, 6) is 4.09. The standard InChI is InChI=1S/C25H38O3/c1-16(5-10-23(27)28-4)20-8-9-21-19-7-6-17-15-18(26)11-13-24(17,2)22(19)12-14-25(20,21)3/h5,17,19-22H,6-15H2,1-4H3/b16-5-/t17-,19?,20+,21?,22?,24-,25+/m0/s1. The highest BCUT2D eigenvalue weighted by Crippen LogP contribution is 2.68. The van der Waals surface area contributed by atoms with Crippen molar-refractivity contribution in [2.75, 3.05) is 7.11 Å². The highest BCUT2D eigenvalue weighted by molar-refractivity contribution is 5.79. The van der Waals surface area contributed by atoms with Crippen LogP contribution in [0.1, 0.15) is 85.0 Å². The lowest BCUT2D eigenvalue weighted by Gasteiger charge is -2.60. The topological polar surface area (TPSA) is 43.4 Å². The van der Waals surface area contributed by atoms with E-state index in [0.717, 1.165) is 37.0 Å². The van der Waals surface area contributed by atoms with E-state index < -0.39 is 0 Å². The summed E-state index contributed by atoms with van der Waals surface area (Å²) in [6.45, 7) is 7.30. The summed E-state index contributed by atoms with van der Waals surface area (Å²) in [6.07, 6.45) is 13.2. The highest BCUT2D eigenvalue weighted by Gasteiger charge is 2.60. The number of allylic oxidation sites excluding steroid dienone is 1. The number of Topliss-reactive ketones (excluding diaryl/α,β-unsaturated/α-hetero) is 1. The Balaban J connectivity index is 1.54. The molecule has 0 spiro atoms. The largest absolute Gasteiger partial charge is 0.469 e. The molecule has 4 fully saturated rings. The summed E-state index contributed by atoms with van der Waals surface area (Å²) >= 11 is 0. The van der Waals surface area contributed by atoms with Gasteiger partial charge in [-0.15, -0.1) is 0 Å². The first-order chi connectivity index (χ1) is 13.3. The van der Waals surface area contributed by atoms with Crippen LogP contribution in [0.4, 0.5) is 0 Å². The van der Waals surface area contributed by atoms with E-state index in [4.69, 9.17) is 4.74 Å². The van der Waals surface area contributed by atoms with Gasteiger partial charge in [-0.25, -0.2) is 0 Å². The fourth-order valence-corrected chi connectivity index (χ4v) is 8.26. The van der Waals surface area contributed by atoms with Crippen LogP contribution in [0.25, 0.3) is 0 Å². The molecule has 28 heavy (non-hydrogen) atoms. The smallest absolute Gasteiger partial charge is 0.309 e. The molecule has 0 N–H and O–H groups in total. The second kappa shape index (κ2) is 7.29. The molecule has 0 radical (unpaired) electrons. The van der Waals surface area contributed by atoms with Gasteiger partial charge in [0.05, 0.1) is 13.5 Å². The molecular formula is C25H38O3. The van der Waals surface area contributed by atoms with E-state index in [9.17, 15) is 9.59 Å². The normalized spacial score (nSPS) is 45.8. The molecule has 4 saturated carbocycles. The summed E-state index contributed by atoms with van der Waals surface area (Å²) in [7, 11) is 1.47. The Kier molecular flexibility index (Phi) is 5.25. The van der Waals surface area contributed by atoms with Crippen LogP contribution in [0.5, 0.6) is 0 Å². The van der Waals surface area contributed by atoms with Crippen LogP contribution in [0.3, 0.4) is 0 Å². The lowest BCUT2D eigenvalue weighted by molar-refractivity contribution is -0.139. The predicted octanol–water partition coefficient (Wildman–Crippen LogP) is 5.72. The van der Waals surface area contributed by atoms with Gasteiger partial charge in [-0.2, -0.15) is 0 Å². The number of hydrogen-bond donors (Lipinski definition) is 0. The minimum absolute atomic E-state index is 0.138. The lowest BCUT2D eigenvalue weighted by atomic mass is 9.44. The first kappa shape index (κ1) is 20.2. The molecule has 0 aliphatic heterocycles. The van der Waals surface area contributed by atoms with Crippen molar-refractivity contribution in [3.63, 3.8) is 0 Å². The summed E-state index contributed by atoms with van der Waals surface area (Å²) in [5, 5.41) is 0.